The Morgan fingerprint density at radius 2 is 2.00 bits per heavy atom. The lowest BCUT2D eigenvalue weighted by atomic mass is 9.85. The van der Waals surface area contributed by atoms with Gasteiger partial charge in [-0.15, -0.1) is 0 Å². The molecule has 0 N–H and O–H groups in total. The van der Waals surface area contributed by atoms with Gasteiger partial charge in [-0.3, -0.25) is 0 Å². The third-order valence-corrected chi connectivity index (χ3v) is 3.44. The van der Waals surface area contributed by atoms with Crippen molar-refractivity contribution in [3.63, 3.8) is 0 Å². The molecular weight excluding hydrogens is 200 g/mol. The van der Waals surface area contributed by atoms with Crippen molar-refractivity contribution in [1.29, 1.82) is 0 Å². The fraction of sp³-hybridized carbons (Fsp3) is 0.769. The number of urea groups is 1. The number of likely N-dealkylation sites (tertiary alicyclic amines) is 1. The zero-order valence-electron chi connectivity index (χ0n) is 10.6. The molecule has 0 aromatic heterocycles. The van der Waals surface area contributed by atoms with E-state index in [0.29, 0.717) is 5.41 Å². The van der Waals surface area contributed by atoms with E-state index in [-0.39, 0.29) is 6.03 Å². The third-order valence-electron chi connectivity index (χ3n) is 3.44. The third kappa shape index (κ3) is 2.39. The molecule has 0 spiro atoms. The first kappa shape index (κ1) is 11.5. The molecule has 0 bridgehead atoms. The molecule has 0 aromatic rings. The lowest BCUT2D eigenvalue weighted by Gasteiger charge is -2.47. The van der Waals surface area contributed by atoms with E-state index in [0.717, 1.165) is 39.0 Å². The molecule has 0 unspecified atom stereocenters. The van der Waals surface area contributed by atoms with Crippen molar-refractivity contribution in [1.82, 2.24) is 9.80 Å². The zero-order valence-corrected chi connectivity index (χ0v) is 10.6. The molecule has 2 heterocycles. The number of nitrogens with zero attached hydrogens (tertiary/aromatic N) is 2. The fourth-order valence-corrected chi connectivity index (χ4v) is 2.50. The molecule has 2 aliphatic heterocycles. The van der Waals surface area contributed by atoms with Crippen molar-refractivity contribution in [2.75, 3.05) is 26.2 Å². The van der Waals surface area contributed by atoms with Gasteiger partial charge in [-0.05, 0) is 19.8 Å². The van der Waals surface area contributed by atoms with Crippen LogP contribution in [0.5, 0.6) is 0 Å². The maximum absolute atomic E-state index is 12.2. The van der Waals surface area contributed by atoms with Crippen LogP contribution in [0.15, 0.2) is 11.6 Å². The molecule has 0 saturated carbocycles. The molecule has 2 rings (SSSR count). The highest BCUT2D eigenvalue weighted by molar-refractivity contribution is 5.75. The van der Waals surface area contributed by atoms with Gasteiger partial charge in [0.1, 0.15) is 0 Å². The van der Waals surface area contributed by atoms with E-state index in [9.17, 15) is 4.79 Å². The lowest BCUT2D eigenvalue weighted by molar-refractivity contribution is 0.0442. The standard InChI is InChI=1S/C13H22N2O/c1-11-5-4-7-14(8-6-11)12(16)15-9-13(2,3)10-15/h6H,4-5,7-10H2,1-3H3. The molecule has 90 valence electrons. The first-order valence-electron chi connectivity index (χ1n) is 6.17. The van der Waals surface area contributed by atoms with Gasteiger partial charge in [0.05, 0.1) is 0 Å². The SMILES string of the molecule is CC1=CCN(C(=O)N2CC(C)(C)C2)CCC1. The van der Waals surface area contributed by atoms with Crippen LogP contribution in [0.4, 0.5) is 4.79 Å². The molecule has 3 heteroatoms. The van der Waals surface area contributed by atoms with Crippen molar-refractivity contribution >= 4 is 6.03 Å². The molecule has 1 saturated heterocycles. The monoisotopic (exact) mass is 222 g/mol. The highest BCUT2D eigenvalue weighted by atomic mass is 16.2. The van der Waals surface area contributed by atoms with Crippen LogP contribution >= 0.6 is 0 Å². The Labute approximate surface area is 98.1 Å². The van der Waals surface area contributed by atoms with E-state index in [1.54, 1.807) is 0 Å². The van der Waals surface area contributed by atoms with Gasteiger partial charge < -0.3 is 9.80 Å². The maximum atomic E-state index is 12.2. The number of hydrogen-bond donors (Lipinski definition) is 0. The lowest BCUT2D eigenvalue weighted by Crippen LogP contribution is -2.59. The summed E-state index contributed by atoms with van der Waals surface area (Å²) in [6.45, 7) is 10.1. The Morgan fingerprint density at radius 3 is 2.62 bits per heavy atom. The first-order valence-corrected chi connectivity index (χ1v) is 6.17. The minimum atomic E-state index is 0.227. The second-order valence-corrected chi connectivity index (χ2v) is 5.90. The van der Waals surface area contributed by atoms with E-state index < -0.39 is 0 Å². The van der Waals surface area contributed by atoms with Crippen LogP contribution in [0.25, 0.3) is 0 Å². The molecule has 0 aromatic carbocycles. The minimum Gasteiger partial charge on any atom is -0.323 e. The summed E-state index contributed by atoms with van der Waals surface area (Å²) >= 11 is 0. The quantitative estimate of drug-likeness (QED) is 0.578. The van der Waals surface area contributed by atoms with Crippen molar-refractivity contribution in [3.8, 4) is 0 Å². The van der Waals surface area contributed by atoms with Crippen molar-refractivity contribution in [2.24, 2.45) is 5.41 Å². The van der Waals surface area contributed by atoms with Gasteiger partial charge in [-0.1, -0.05) is 25.5 Å². The van der Waals surface area contributed by atoms with Gasteiger partial charge in [0.2, 0.25) is 0 Å². The summed E-state index contributed by atoms with van der Waals surface area (Å²) in [5.41, 5.74) is 1.74. The summed E-state index contributed by atoms with van der Waals surface area (Å²) in [5.74, 6) is 0. The van der Waals surface area contributed by atoms with Gasteiger partial charge in [-0.25, -0.2) is 4.79 Å². The Bertz CT molecular complexity index is 312. The number of allylic oxidation sites excluding steroid dienone is 1. The number of hydrogen-bond acceptors (Lipinski definition) is 1. The minimum absolute atomic E-state index is 0.227. The molecule has 16 heavy (non-hydrogen) atoms. The van der Waals surface area contributed by atoms with Gasteiger partial charge in [-0.2, -0.15) is 0 Å². The summed E-state index contributed by atoms with van der Waals surface area (Å²) in [6, 6.07) is 0.227. The second kappa shape index (κ2) is 4.11. The highest BCUT2D eigenvalue weighted by Crippen LogP contribution is 2.29. The first-order chi connectivity index (χ1) is 7.48. The Hall–Kier alpha value is -0.990. The van der Waals surface area contributed by atoms with E-state index in [2.05, 4.69) is 26.8 Å². The van der Waals surface area contributed by atoms with Crippen LogP contribution in [0, 0.1) is 5.41 Å². The molecule has 2 amide bonds. The van der Waals surface area contributed by atoms with Crippen LogP contribution in [-0.4, -0.2) is 42.0 Å². The van der Waals surface area contributed by atoms with Crippen LogP contribution in [-0.2, 0) is 0 Å². The van der Waals surface area contributed by atoms with Gasteiger partial charge >= 0.3 is 6.03 Å². The largest absolute Gasteiger partial charge is 0.323 e. The highest BCUT2D eigenvalue weighted by Gasteiger charge is 2.38. The van der Waals surface area contributed by atoms with Crippen LogP contribution in [0.1, 0.15) is 33.6 Å². The predicted molar refractivity (Wildman–Crippen MR) is 65.3 cm³/mol. The molecule has 0 atom stereocenters. The number of carbonyl (C=O) groups excluding carboxylic acids is 1. The number of rotatable bonds is 0. The fourth-order valence-electron chi connectivity index (χ4n) is 2.50. The van der Waals surface area contributed by atoms with E-state index in [1.165, 1.54) is 5.57 Å². The summed E-state index contributed by atoms with van der Waals surface area (Å²) in [4.78, 5) is 16.1. The van der Waals surface area contributed by atoms with Crippen molar-refractivity contribution in [2.45, 2.75) is 33.6 Å². The number of carbonyl (C=O) groups is 1. The predicted octanol–water partition coefficient (Wildman–Crippen LogP) is 2.49. The van der Waals surface area contributed by atoms with E-state index >= 15 is 0 Å². The second-order valence-electron chi connectivity index (χ2n) is 5.90. The summed E-state index contributed by atoms with van der Waals surface area (Å²) in [7, 11) is 0. The Morgan fingerprint density at radius 1 is 1.31 bits per heavy atom. The Kier molecular flexibility index (Phi) is 2.96. The van der Waals surface area contributed by atoms with Crippen LogP contribution in [0.3, 0.4) is 0 Å². The summed E-state index contributed by atoms with van der Waals surface area (Å²) in [5, 5.41) is 0. The van der Waals surface area contributed by atoms with Gasteiger partial charge in [0.15, 0.2) is 0 Å². The van der Waals surface area contributed by atoms with Crippen LogP contribution in [0.2, 0.25) is 0 Å². The maximum Gasteiger partial charge on any atom is 0.320 e. The van der Waals surface area contributed by atoms with E-state index in [4.69, 9.17) is 0 Å². The Balaban J connectivity index is 1.90. The van der Waals surface area contributed by atoms with Crippen LogP contribution < -0.4 is 0 Å². The van der Waals surface area contributed by atoms with E-state index in [1.807, 2.05) is 9.80 Å². The zero-order chi connectivity index (χ0) is 11.8. The molecule has 0 radical (unpaired) electrons. The average molecular weight is 222 g/mol. The molecule has 1 fully saturated rings. The average Bonchev–Trinajstić information content (AvgIpc) is 2.38. The normalized spacial score (nSPS) is 24.6. The summed E-state index contributed by atoms with van der Waals surface area (Å²) < 4.78 is 0. The molecular formula is C13H22N2O. The molecule has 2 aliphatic rings. The molecule has 3 nitrogen and oxygen atoms in total. The smallest absolute Gasteiger partial charge is 0.320 e. The van der Waals surface area contributed by atoms with Crippen molar-refractivity contribution in [3.05, 3.63) is 11.6 Å². The topological polar surface area (TPSA) is 23.6 Å². The van der Waals surface area contributed by atoms with Crippen molar-refractivity contribution < 1.29 is 4.79 Å². The van der Waals surface area contributed by atoms with Gasteiger partial charge in [0, 0.05) is 31.6 Å². The number of amides is 2. The van der Waals surface area contributed by atoms with Gasteiger partial charge in [0.25, 0.3) is 0 Å². The summed E-state index contributed by atoms with van der Waals surface area (Å²) in [6.07, 6.45) is 4.43. The molecule has 0 aliphatic carbocycles.